The van der Waals surface area contributed by atoms with E-state index in [1.165, 1.54) is 11.8 Å². The fourth-order valence-electron chi connectivity index (χ4n) is 1.85. The van der Waals surface area contributed by atoms with Crippen LogP contribution in [-0.4, -0.2) is 29.1 Å². The third kappa shape index (κ3) is 3.59. The van der Waals surface area contributed by atoms with Gasteiger partial charge in [0.15, 0.2) is 5.12 Å². The lowest BCUT2D eigenvalue weighted by molar-refractivity contribution is -0.109. The average Bonchev–Trinajstić information content (AvgIpc) is 2.10. The minimum atomic E-state index is 0.153. The third-order valence-electron chi connectivity index (χ3n) is 2.51. The van der Waals surface area contributed by atoms with Gasteiger partial charge in [0.25, 0.3) is 0 Å². The van der Waals surface area contributed by atoms with Crippen LogP contribution in [0.15, 0.2) is 0 Å². The molecule has 0 aromatic carbocycles. The van der Waals surface area contributed by atoms with Crippen molar-refractivity contribution in [3.8, 4) is 0 Å². The van der Waals surface area contributed by atoms with E-state index >= 15 is 0 Å². The van der Waals surface area contributed by atoms with E-state index in [2.05, 4.69) is 0 Å². The second-order valence-electron chi connectivity index (χ2n) is 3.70. The summed E-state index contributed by atoms with van der Waals surface area (Å²) in [6.07, 6.45) is 3.22. The molecular formula is C10H19NO2S. The van der Waals surface area contributed by atoms with Crippen LogP contribution >= 0.6 is 11.8 Å². The number of nitrogens with two attached hydrogens (primary N) is 1. The van der Waals surface area contributed by atoms with E-state index in [-0.39, 0.29) is 16.4 Å². The smallest absolute Gasteiger partial charge is 0.186 e. The highest BCUT2D eigenvalue weighted by atomic mass is 32.2. The highest BCUT2D eigenvalue weighted by molar-refractivity contribution is 8.14. The highest BCUT2D eigenvalue weighted by Gasteiger charge is 2.29. The molecule has 0 radical (unpaired) electrons. The molecule has 82 valence electrons. The van der Waals surface area contributed by atoms with Crippen LogP contribution in [0.4, 0.5) is 0 Å². The maximum absolute atomic E-state index is 11.0. The van der Waals surface area contributed by atoms with Crippen molar-refractivity contribution in [3.63, 3.8) is 0 Å². The van der Waals surface area contributed by atoms with Gasteiger partial charge in [0.2, 0.25) is 0 Å². The zero-order chi connectivity index (χ0) is 10.6. The first kappa shape index (κ1) is 12.0. The van der Waals surface area contributed by atoms with E-state index in [4.69, 9.17) is 10.5 Å². The second kappa shape index (κ2) is 5.73. The molecular weight excluding hydrogens is 198 g/mol. The van der Waals surface area contributed by atoms with Gasteiger partial charge in [-0.3, -0.25) is 4.79 Å². The number of rotatable bonds is 3. The van der Waals surface area contributed by atoms with Crippen molar-refractivity contribution in [2.24, 2.45) is 5.73 Å². The van der Waals surface area contributed by atoms with Gasteiger partial charge in [0, 0.05) is 24.8 Å². The van der Waals surface area contributed by atoms with Gasteiger partial charge in [-0.2, -0.15) is 0 Å². The Morgan fingerprint density at radius 3 is 2.86 bits per heavy atom. The predicted octanol–water partition coefficient (Wildman–Crippen LogP) is 1.55. The molecule has 0 amide bonds. The van der Waals surface area contributed by atoms with Crippen molar-refractivity contribution < 1.29 is 9.53 Å². The molecule has 3 unspecified atom stereocenters. The molecule has 0 aromatic heterocycles. The van der Waals surface area contributed by atoms with E-state index in [0.717, 1.165) is 25.9 Å². The largest absolute Gasteiger partial charge is 0.378 e. The predicted molar refractivity (Wildman–Crippen MR) is 59.3 cm³/mol. The number of thioether (sulfide) groups is 1. The monoisotopic (exact) mass is 217 g/mol. The van der Waals surface area contributed by atoms with Crippen LogP contribution < -0.4 is 5.73 Å². The zero-order valence-electron chi connectivity index (χ0n) is 8.86. The summed E-state index contributed by atoms with van der Waals surface area (Å²) < 4.78 is 5.56. The first-order chi connectivity index (χ1) is 6.63. The summed E-state index contributed by atoms with van der Waals surface area (Å²) in [5.74, 6) is 0. The molecule has 1 fully saturated rings. The molecule has 3 nitrogen and oxygen atoms in total. The molecule has 1 aliphatic rings. The molecule has 1 aliphatic carbocycles. The standard InChI is InChI=1S/C10H19NO2S/c1-3-13-8-4-5-9(11)10(6-8)14-7(2)12/h8-10H,3-6,11H2,1-2H3. The molecule has 2 N–H and O–H groups in total. The van der Waals surface area contributed by atoms with Gasteiger partial charge in [-0.1, -0.05) is 11.8 Å². The Labute approximate surface area is 89.8 Å². The SMILES string of the molecule is CCOC1CCC(N)C(SC(C)=O)C1. The van der Waals surface area contributed by atoms with Crippen LogP contribution in [0.25, 0.3) is 0 Å². The molecule has 0 aliphatic heterocycles. The summed E-state index contributed by atoms with van der Waals surface area (Å²) in [6.45, 7) is 4.35. The van der Waals surface area contributed by atoms with E-state index < -0.39 is 0 Å². The van der Waals surface area contributed by atoms with Crippen molar-refractivity contribution in [1.82, 2.24) is 0 Å². The summed E-state index contributed by atoms with van der Waals surface area (Å²) in [6, 6.07) is 0.153. The average molecular weight is 217 g/mol. The van der Waals surface area contributed by atoms with Gasteiger partial charge in [0.1, 0.15) is 0 Å². The third-order valence-corrected chi connectivity index (χ3v) is 3.69. The van der Waals surface area contributed by atoms with E-state index in [1.54, 1.807) is 6.92 Å². The van der Waals surface area contributed by atoms with Crippen molar-refractivity contribution in [3.05, 3.63) is 0 Å². The van der Waals surface area contributed by atoms with Crippen LogP contribution in [0, 0.1) is 0 Å². The summed E-state index contributed by atoms with van der Waals surface area (Å²) in [4.78, 5) is 11.0. The van der Waals surface area contributed by atoms with Crippen molar-refractivity contribution >= 4 is 16.9 Å². The van der Waals surface area contributed by atoms with Gasteiger partial charge in [0.05, 0.1) is 6.10 Å². The zero-order valence-corrected chi connectivity index (χ0v) is 9.68. The van der Waals surface area contributed by atoms with Crippen LogP contribution in [0.3, 0.4) is 0 Å². The van der Waals surface area contributed by atoms with Gasteiger partial charge < -0.3 is 10.5 Å². The van der Waals surface area contributed by atoms with Gasteiger partial charge in [-0.15, -0.1) is 0 Å². The summed E-state index contributed by atoms with van der Waals surface area (Å²) in [5, 5.41) is 0.403. The maximum Gasteiger partial charge on any atom is 0.186 e. The minimum Gasteiger partial charge on any atom is -0.378 e. The molecule has 4 heteroatoms. The molecule has 3 atom stereocenters. The fourth-order valence-corrected chi connectivity index (χ4v) is 2.90. The van der Waals surface area contributed by atoms with E-state index in [9.17, 15) is 4.79 Å². The summed E-state index contributed by atoms with van der Waals surface area (Å²) in [5.41, 5.74) is 5.96. The maximum atomic E-state index is 11.0. The second-order valence-corrected chi connectivity index (χ2v) is 5.12. The highest BCUT2D eigenvalue weighted by Crippen LogP contribution is 2.29. The van der Waals surface area contributed by atoms with Gasteiger partial charge >= 0.3 is 0 Å². The molecule has 0 aromatic rings. The summed E-state index contributed by atoms with van der Waals surface area (Å²) >= 11 is 1.37. The molecule has 1 rings (SSSR count). The molecule has 0 saturated heterocycles. The molecule has 0 heterocycles. The number of hydrogen-bond acceptors (Lipinski definition) is 4. The Balaban J connectivity index is 2.42. The van der Waals surface area contributed by atoms with Crippen LogP contribution in [0.5, 0.6) is 0 Å². The van der Waals surface area contributed by atoms with Gasteiger partial charge in [-0.05, 0) is 26.2 Å². The number of carbonyl (C=O) groups excluding carboxylic acids is 1. The molecule has 14 heavy (non-hydrogen) atoms. The fraction of sp³-hybridized carbons (Fsp3) is 0.900. The lowest BCUT2D eigenvalue weighted by atomic mass is 9.93. The molecule has 1 saturated carbocycles. The number of hydrogen-bond donors (Lipinski definition) is 1. The number of carbonyl (C=O) groups is 1. The molecule has 0 spiro atoms. The topological polar surface area (TPSA) is 52.3 Å². The quantitative estimate of drug-likeness (QED) is 0.779. The Hall–Kier alpha value is -0.0600. The minimum absolute atomic E-state index is 0.153. The Bertz CT molecular complexity index is 199. The normalized spacial score (nSPS) is 32.9. The Kier molecular flexibility index (Phi) is 4.92. The van der Waals surface area contributed by atoms with Gasteiger partial charge in [-0.25, -0.2) is 0 Å². The van der Waals surface area contributed by atoms with E-state index in [0.29, 0.717) is 6.10 Å². The van der Waals surface area contributed by atoms with E-state index in [1.807, 2.05) is 6.92 Å². The lowest BCUT2D eigenvalue weighted by Gasteiger charge is -2.32. The number of ether oxygens (including phenoxy) is 1. The van der Waals surface area contributed by atoms with Crippen LogP contribution in [-0.2, 0) is 9.53 Å². The first-order valence-electron chi connectivity index (χ1n) is 5.18. The van der Waals surface area contributed by atoms with Crippen LogP contribution in [0.2, 0.25) is 0 Å². The van der Waals surface area contributed by atoms with Crippen molar-refractivity contribution in [1.29, 1.82) is 0 Å². The Morgan fingerprint density at radius 1 is 1.57 bits per heavy atom. The van der Waals surface area contributed by atoms with Crippen molar-refractivity contribution in [2.75, 3.05) is 6.61 Å². The summed E-state index contributed by atoms with van der Waals surface area (Å²) in [7, 11) is 0. The van der Waals surface area contributed by atoms with Crippen molar-refractivity contribution in [2.45, 2.75) is 50.5 Å². The Morgan fingerprint density at radius 2 is 2.29 bits per heavy atom. The first-order valence-corrected chi connectivity index (χ1v) is 6.05. The molecule has 0 bridgehead atoms. The lowest BCUT2D eigenvalue weighted by Crippen LogP contribution is -2.41. The van der Waals surface area contributed by atoms with Crippen LogP contribution in [0.1, 0.15) is 33.1 Å².